The van der Waals surface area contributed by atoms with Crippen LogP contribution in [-0.4, -0.2) is 54.6 Å². The Morgan fingerprint density at radius 1 is 0.865 bits per heavy atom. The molecule has 0 bridgehead atoms. The Balaban J connectivity index is 1.24. The van der Waals surface area contributed by atoms with Crippen LogP contribution in [0.15, 0.2) is 78.9 Å². The summed E-state index contributed by atoms with van der Waals surface area (Å²) in [7, 11) is 0. The number of carbonyl (C=O) groups excluding carboxylic acids is 2. The van der Waals surface area contributed by atoms with Gasteiger partial charge in [0.25, 0.3) is 11.8 Å². The molecule has 192 valence electrons. The fraction of sp³-hybridized carbons (Fsp3) is 0.276. The average molecular weight is 517 g/mol. The van der Waals surface area contributed by atoms with E-state index in [4.69, 9.17) is 17.0 Å². The van der Waals surface area contributed by atoms with Gasteiger partial charge >= 0.3 is 0 Å². The van der Waals surface area contributed by atoms with Crippen molar-refractivity contribution in [1.29, 1.82) is 0 Å². The van der Waals surface area contributed by atoms with E-state index in [2.05, 4.69) is 29.4 Å². The third-order valence-electron chi connectivity index (χ3n) is 6.00. The van der Waals surface area contributed by atoms with Crippen LogP contribution >= 0.6 is 12.2 Å². The Bertz CT molecular complexity index is 1210. The van der Waals surface area contributed by atoms with Crippen molar-refractivity contribution in [2.45, 2.75) is 13.8 Å². The molecule has 0 unspecified atom stereocenters. The minimum Gasteiger partial charge on any atom is -0.493 e. The lowest BCUT2D eigenvalue weighted by Gasteiger charge is -2.36. The number of piperazine rings is 1. The minimum absolute atomic E-state index is 0.0748. The normalized spacial score (nSPS) is 13.3. The summed E-state index contributed by atoms with van der Waals surface area (Å²) in [5, 5.41) is 6.00. The monoisotopic (exact) mass is 516 g/mol. The molecule has 37 heavy (non-hydrogen) atoms. The van der Waals surface area contributed by atoms with Gasteiger partial charge in [0.15, 0.2) is 5.11 Å². The summed E-state index contributed by atoms with van der Waals surface area (Å²) in [5.41, 5.74) is 3.08. The molecule has 2 amide bonds. The van der Waals surface area contributed by atoms with Crippen LogP contribution in [0.2, 0.25) is 0 Å². The van der Waals surface area contributed by atoms with Gasteiger partial charge in [0.2, 0.25) is 0 Å². The van der Waals surface area contributed by atoms with Crippen molar-refractivity contribution >= 4 is 40.5 Å². The van der Waals surface area contributed by atoms with Gasteiger partial charge in [-0.3, -0.25) is 14.9 Å². The van der Waals surface area contributed by atoms with Gasteiger partial charge in [-0.05, 0) is 78.8 Å². The summed E-state index contributed by atoms with van der Waals surface area (Å²) in [5.74, 6) is 0.953. The van der Waals surface area contributed by atoms with Crippen LogP contribution in [0.25, 0.3) is 0 Å². The zero-order valence-corrected chi connectivity index (χ0v) is 22.0. The third-order valence-corrected chi connectivity index (χ3v) is 6.21. The van der Waals surface area contributed by atoms with E-state index in [0.29, 0.717) is 31.2 Å². The summed E-state index contributed by atoms with van der Waals surface area (Å²) < 4.78 is 5.66. The zero-order chi connectivity index (χ0) is 26.2. The first-order chi connectivity index (χ1) is 17.9. The molecular weight excluding hydrogens is 484 g/mol. The molecule has 0 aliphatic carbocycles. The van der Waals surface area contributed by atoms with Gasteiger partial charge in [0.05, 0.1) is 6.61 Å². The van der Waals surface area contributed by atoms with Crippen LogP contribution in [0.5, 0.6) is 5.75 Å². The molecule has 0 atom stereocenters. The molecule has 4 rings (SSSR count). The lowest BCUT2D eigenvalue weighted by Crippen LogP contribution is -2.48. The lowest BCUT2D eigenvalue weighted by atomic mass is 10.1. The maximum atomic E-state index is 12.7. The van der Waals surface area contributed by atoms with Gasteiger partial charge in [-0.1, -0.05) is 32.0 Å². The smallest absolute Gasteiger partial charge is 0.257 e. The highest BCUT2D eigenvalue weighted by Crippen LogP contribution is 2.20. The summed E-state index contributed by atoms with van der Waals surface area (Å²) >= 11 is 5.33. The zero-order valence-electron chi connectivity index (χ0n) is 21.1. The Labute approximate surface area is 223 Å². The van der Waals surface area contributed by atoms with Crippen molar-refractivity contribution in [3.63, 3.8) is 0 Å². The number of nitrogens with one attached hydrogen (secondary N) is 2. The van der Waals surface area contributed by atoms with E-state index in [1.807, 2.05) is 59.5 Å². The number of ether oxygens (including phenoxy) is 1. The maximum Gasteiger partial charge on any atom is 0.257 e. The van der Waals surface area contributed by atoms with Crippen LogP contribution in [0, 0.1) is 5.92 Å². The van der Waals surface area contributed by atoms with E-state index in [1.165, 1.54) is 0 Å². The van der Waals surface area contributed by atoms with Crippen molar-refractivity contribution in [2.75, 3.05) is 43.0 Å². The molecule has 3 aromatic rings. The van der Waals surface area contributed by atoms with Crippen LogP contribution in [0.3, 0.4) is 0 Å². The fourth-order valence-electron chi connectivity index (χ4n) is 3.99. The molecule has 8 heteroatoms. The molecule has 1 aliphatic heterocycles. The highest BCUT2D eigenvalue weighted by molar-refractivity contribution is 7.80. The number of anilines is 2. The number of rotatable bonds is 7. The van der Waals surface area contributed by atoms with Crippen LogP contribution in [-0.2, 0) is 0 Å². The number of nitrogens with zero attached hydrogens (tertiary/aromatic N) is 2. The number of benzene rings is 3. The Hall–Kier alpha value is -3.91. The van der Waals surface area contributed by atoms with Gasteiger partial charge in [-0.15, -0.1) is 0 Å². The van der Waals surface area contributed by atoms with Crippen molar-refractivity contribution in [3.05, 3.63) is 90.0 Å². The number of hydrogen-bond donors (Lipinski definition) is 2. The average Bonchev–Trinajstić information content (AvgIpc) is 2.92. The van der Waals surface area contributed by atoms with Crippen molar-refractivity contribution in [1.82, 2.24) is 10.2 Å². The molecule has 1 heterocycles. The summed E-state index contributed by atoms with van der Waals surface area (Å²) in [6.07, 6.45) is 0. The Morgan fingerprint density at radius 2 is 1.51 bits per heavy atom. The molecule has 0 aromatic heterocycles. The summed E-state index contributed by atoms with van der Waals surface area (Å²) in [6.45, 7) is 7.68. The molecule has 1 fully saturated rings. The van der Waals surface area contributed by atoms with Gasteiger partial charge in [0, 0.05) is 48.7 Å². The second-order valence-corrected chi connectivity index (χ2v) is 9.74. The molecular formula is C29H32N4O3S. The van der Waals surface area contributed by atoms with Gasteiger partial charge < -0.3 is 19.9 Å². The molecule has 2 N–H and O–H groups in total. The lowest BCUT2D eigenvalue weighted by molar-refractivity contribution is 0.0746. The van der Waals surface area contributed by atoms with E-state index < -0.39 is 0 Å². The summed E-state index contributed by atoms with van der Waals surface area (Å²) in [6, 6.07) is 24.3. The van der Waals surface area contributed by atoms with Gasteiger partial charge in [0.1, 0.15) is 5.75 Å². The minimum atomic E-state index is -0.285. The van der Waals surface area contributed by atoms with Crippen LogP contribution in [0.4, 0.5) is 11.4 Å². The number of amides is 2. The van der Waals surface area contributed by atoms with Crippen LogP contribution in [0.1, 0.15) is 34.6 Å². The van der Waals surface area contributed by atoms with E-state index in [1.54, 1.807) is 24.3 Å². The van der Waals surface area contributed by atoms with Gasteiger partial charge in [-0.2, -0.15) is 0 Å². The first-order valence-corrected chi connectivity index (χ1v) is 12.8. The predicted octanol–water partition coefficient (Wildman–Crippen LogP) is 4.81. The quantitative estimate of drug-likeness (QED) is 0.439. The van der Waals surface area contributed by atoms with Crippen LogP contribution < -0.4 is 20.3 Å². The molecule has 0 radical (unpaired) electrons. The standard InChI is InChI=1S/C29H32N4O3S/c1-21(2)20-36-26-14-8-22(9-15-26)27(34)31-29(37)30-24-10-12-25(13-11-24)32-16-18-33(19-17-32)28(35)23-6-4-3-5-7-23/h3-15,21H,16-20H2,1-2H3,(H2,30,31,34,37). The van der Waals surface area contributed by atoms with Crippen molar-refractivity contribution in [3.8, 4) is 5.75 Å². The molecule has 1 aliphatic rings. The van der Waals surface area contributed by atoms with Gasteiger partial charge in [-0.25, -0.2) is 0 Å². The third kappa shape index (κ3) is 7.30. The Morgan fingerprint density at radius 3 is 2.14 bits per heavy atom. The second kappa shape index (κ2) is 12.4. The SMILES string of the molecule is CC(C)COc1ccc(C(=O)NC(=S)Nc2ccc(N3CCN(C(=O)c4ccccc4)CC3)cc2)cc1. The number of thiocarbonyl (C=S) groups is 1. The van der Waals surface area contributed by atoms with Crippen molar-refractivity contribution in [2.24, 2.45) is 5.92 Å². The topological polar surface area (TPSA) is 73.9 Å². The first kappa shape index (κ1) is 26.2. The van der Waals surface area contributed by atoms with E-state index in [0.717, 1.165) is 35.8 Å². The molecule has 0 spiro atoms. The van der Waals surface area contributed by atoms with Crippen molar-refractivity contribution < 1.29 is 14.3 Å². The van der Waals surface area contributed by atoms with E-state index >= 15 is 0 Å². The van der Waals surface area contributed by atoms with E-state index in [9.17, 15) is 9.59 Å². The van der Waals surface area contributed by atoms with E-state index in [-0.39, 0.29) is 16.9 Å². The molecule has 0 saturated carbocycles. The Kier molecular flexibility index (Phi) is 8.74. The number of hydrogen-bond acceptors (Lipinski definition) is 5. The maximum absolute atomic E-state index is 12.7. The fourth-order valence-corrected chi connectivity index (χ4v) is 4.20. The highest BCUT2D eigenvalue weighted by Gasteiger charge is 2.22. The molecule has 3 aromatic carbocycles. The summed E-state index contributed by atoms with van der Waals surface area (Å²) in [4.78, 5) is 29.4. The predicted molar refractivity (Wildman–Crippen MR) is 151 cm³/mol. The second-order valence-electron chi connectivity index (χ2n) is 9.33. The highest BCUT2D eigenvalue weighted by atomic mass is 32.1. The molecule has 1 saturated heterocycles. The largest absolute Gasteiger partial charge is 0.493 e. The first-order valence-electron chi connectivity index (χ1n) is 12.4. The number of carbonyl (C=O) groups is 2. The molecule has 7 nitrogen and oxygen atoms in total.